The molecule has 0 bridgehead atoms. The van der Waals surface area contributed by atoms with E-state index in [1.54, 1.807) is 0 Å². The van der Waals surface area contributed by atoms with E-state index in [1.165, 1.54) is 50.3 Å². The lowest BCUT2D eigenvalue weighted by atomic mass is 9.87. The molecule has 0 amide bonds. The monoisotopic (exact) mass is 267 g/mol. The molecule has 0 aromatic carbocycles. The largest absolute Gasteiger partial charge is 0.316 e. The molecule has 1 atom stereocenters. The van der Waals surface area contributed by atoms with Crippen LogP contribution in [0, 0.1) is 12.3 Å². The lowest BCUT2D eigenvalue weighted by molar-refractivity contribution is 0.266. The number of halogens is 1. The molecule has 3 rings (SSSR count). The van der Waals surface area contributed by atoms with Crippen LogP contribution in [0.2, 0.25) is 0 Å². The number of nitrogens with zero attached hydrogens (tertiary/aromatic N) is 2. The van der Waals surface area contributed by atoms with Gasteiger partial charge in [0.15, 0.2) is 0 Å². The lowest BCUT2D eigenvalue weighted by Gasteiger charge is -2.22. The molecule has 1 unspecified atom stereocenters. The van der Waals surface area contributed by atoms with Gasteiger partial charge < -0.3 is 5.32 Å². The highest BCUT2D eigenvalue weighted by Gasteiger charge is 2.40. The third-order valence-electron chi connectivity index (χ3n) is 4.21. The van der Waals surface area contributed by atoms with Gasteiger partial charge in [0.1, 0.15) is 0 Å². The zero-order chi connectivity index (χ0) is 11.7. The van der Waals surface area contributed by atoms with Gasteiger partial charge in [-0.05, 0) is 49.9 Å². The van der Waals surface area contributed by atoms with Crippen LogP contribution in [0.25, 0.3) is 0 Å². The van der Waals surface area contributed by atoms with Crippen molar-refractivity contribution < 1.29 is 0 Å². The van der Waals surface area contributed by atoms with Crippen molar-refractivity contribution in [1.82, 2.24) is 15.2 Å². The van der Waals surface area contributed by atoms with E-state index in [0.717, 1.165) is 6.54 Å². The first-order chi connectivity index (χ1) is 8.26. The predicted molar refractivity (Wildman–Crippen MR) is 76.0 cm³/mol. The summed E-state index contributed by atoms with van der Waals surface area (Å²) in [5.74, 6) is 0. The summed E-state index contributed by atoms with van der Waals surface area (Å²) in [6.45, 7) is 8.00. The fourth-order valence-corrected chi connectivity index (χ4v) is 3.13. The third kappa shape index (κ3) is 2.85. The Kier molecular flexibility index (Phi) is 4.25. The number of aryl methyl sites for hydroxylation is 1. The highest BCUT2D eigenvalue weighted by molar-refractivity contribution is 5.85. The fourth-order valence-electron chi connectivity index (χ4n) is 3.13. The molecule has 2 aliphatic rings. The predicted octanol–water partition coefficient (Wildman–Crippen LogP) is 2.00. The molecule has 2 saturated heterocycles. The number of nitrogens with one attached hydrogen (secondary N) is 1. The van der Waals surface area contributed by atoms with Gasteiger partial charge in [-0.3, -0.25) is 9.88 Å². The Labute approximate surface area is 115 Å². The van der Waals surface area contributed by atoms with Crippen LogP contribution in [-0.4, -0.2) is 36.1 Å². The first-order valence-electron chi connectivity index (χ1n) is 6.60. The van der Waals surface area contributed by atoms with Crippen LogP contribution in [0.5, 0.6) is 0 Å². The zero-order valence-corrected chi connectivity index (χ0v) is 11.8. The molecule has 2 fully saturated rings. The number of hydrogen-bond donors (Lipinski definition) is 1. The van der Waals surface area contributed by atoms with Crippen LogP contribution in [0.4, 0.5) is 0 Å². The van der Waals surface area contributed by atoms with E-state index in [-0.39, 0.29) is 12.4 Å². The molecule has 1 spiro atoms. The van der Waals surface area contributed by atoms with Crippen molar-refractivity contribution in [2.45, 2.75) is 26.3 Å². The average molecular weight is 268 g/mol. The minimum absolute atomic E-state index is 0. The summed E-state index contributed by atoms with van der Waals surface area (Å²) >= 11 is 0. The van der Waals surface area contributed by atoms with Crippen molar-refractivity contribution >= 4 is 12.4 Å². The summed E-state index contributed by atoms with van der Waals surface area (Å²) in [6.07, 6.45) is 4.68. The second kappa shape index (κ2) is 5.55. The molecular weight excluding hydrogens is 246 g/mol. The van der Waals surface area contributed by atoms with Crippen LogP contribution < -0.4 is 5.32 Å². The first-order valence-corrected chi connectivity index (χ1v) is 6.60. The van der Waals surface area contributed by atoms with E-state index in [0.29, 0.717) is 5.41 Å². The van der Waals surface area contributed by atoms with Crippen molar-refractivity contribution in [3.63, 3.8) is 0 Å². The molecule has 3 heterocycles. The normalized spacial score (nSPS) is 27.6. The number of pyridine rings is 1. The molecule has 0 radical (unpaired) electrons. The number of aromatic nitrogens is 1. The lowest BCUT2D eigenvalue weighted by Crippen LogP contribution is -2.29. The van der Waals surface area contributed by atoms with Gasteiger partial charge in [-0.25, -0.2) is 0 Å². The zero-order valence-electron chi connectivity index (χ0n) is 11.0. The van der Waals surface area contributed by atoms with Crippen LogP contribution in [0.15, 0.2) is 18.3 Å². The van der Waals surface area contributed by atoms with Gasteiger partial charge in [-0.1, -0.05) is 6.07 Å². The number of hydrogen-bond acceptors (Lipinski definition) is 3. The molecule has 2 aliphatic heterocycles. The Morgan fingerprint density at radius 3 is 2.94 bits per heavy atom. The molecule has 100 valence electrons. The molecule has 1 aromatic heterocycles. The Morgan fingerprint density at radius 1 is 1.39 bits per heavy atom. The standard InChI is InChI=1S/C14H21N3.ClH/c1-12-2-3-13(16-8-12)9-17-7-5-14(11-17)4-6-15-10-14;/h2-3,8,15H,4-7,9-11H2,1H3;1H. The number of likely N-dealkylation sites (tertiary alicyclic amines) is 1. The number of rotatable bonds is 2. The molecule has 1 N–H and O–H groups in total. The summed E-state index contributed by atoms with van der Waals surface area (Å²) < 4.78 is 0. The van der Waals surface area contributed by atoms with Crippen molar-refractivity contribution in [3.05, 3.63) is 29.6 Å². The highest BCUT2D eigenvalue weighted by Crippen LogP contribution is 2.36. The Bertz CT molecular complexity index is 385. The SMILES string of the molecule is Cc1ccc(CN2CCC3(CCNC3)C2)nc1.Cl. The van der Waals surface area contributed by atoms with E-state index in [2.05, 4.69) is 34.3 Å². The van der Waals surface area contributed by atoms with Gasteiger partial charge in [0, 0.05) is 25.8 Å². The van der Waals surface area contributed by atoms with Gasteiger partial charge in [0.2, 0.25) is 0 Å². The van der Waals surface area contributed by atoms with Crippen molar-refractivity contribution in [3.8, 4) is 0 Å². The van der Waals surface area contributed by atoms with E-state index in [4.69, 9.17) is 0 Å². The molecule has 3 nitrogen and oxygen atoms in total. The van der Waals surface area contributed by atoms with Crippen LogP contribution in [0.3, 0.4) is 0 Å². The molecule has 4 heteroatoms. The molecule has 18 heavy (non-hydrogen) atoms. The molecule has 0 aliphatic carbocycles. The van der Waals surface area contributed by atoms with Crippen molar-refractivity contribution in [2.24, 2.45) is 5.41 Å². The summed E-state index contributed by atoms with van der Waals surface area (Å²) in [4.78, 5) is 7.06. The summed E-state index contributed by atoms with van der Waals surface area (Å²) in [7, 11) is 0. The second-order valence-electron chi connectivity index (χ2n) is 5.71. The van der Waals surface area contributed by atoms with E-state index in [1.807, 2.05) is 6.20 Å². The minimum Gasteiger partial charge on any atom is -0.316 e. The highest BCUT2D eigenvalue weighted by atomic mass is 35.5. The smallest absolute Gasteiger partial charge is 0.0544 e. The summed E-state index contributed by atoms with van der Waals surface area (Å²) in [6, 6.07) is 4.32. The molecule has 1 aromatic rings. The first kappa shape index (κ1) is 13.8. The van der Waals surface area contributed by atoms with Crippen LogP contribution >= 0.6 is 12.4 Å². The van der Waals surface area contributed by atoms with Crippen LogP contribution in [0.1, 0.15) is 24.1 Å². The Balaban J connectivity index is 0.00000120. The third-order valence-corrected chi connectivity index (χ3v) is 4.21. The Hall–Kier alpha value is -0.640. The maximum atomic E-state index is 4.50. The van der Waals surface area contributed by atoms with Gasteiger partial charge >= 0.3 is 0 Å². The average Bonchev–Trinajstić information content (AvgIpc) is 2.94. The second-order valence-corrected chi connectivity index (χ2v) is 5.71. The molecular formula is C14H22ClN3. The summed E-state index contributed by atoms with van der Waals surface area (Å²) in [5, 5.41) is 3.50. The Morgan fingerprint density at radius 2 is 2.28 bits per heavy atom. The topological polar surface area (TPSA) is 28.2 Å². The van der Waals surface area contributed by atoms with E-state index in [9.17, 15) is 0 Å². The quantitative estimate of drug-likeness (QED) is 0.888. The van der Waals surface area contributed by atoms with Crippen molar-refractivity contribution in [1.29, 1.82) is 0 Å². The van der Waals surface area contributed by atoms with Gasteiger partial charge in [-0.2, -0.15) is 0 Å². The maximum absolute atomic E-state index is 4.50. The van der Waals surface area contributed by atoms with Gasteiger partial charge in [0.25, 0.3) is 0 Å². The van der Waals surface area contributed by atoms with E-state index >= 15 is 0 Å². The fraction of sp³-hybridized carbons (Fsp3) is 0.643. The van der Waals surface area contributed by atoms with Gasteiger partial charge in [-0.15, -0.1) is 12.4 Å². The van der Waals surface area contributed by atoms with Crippen molar-refractivity contribution in [2.75, 3.05) is 26.2 Å². The van der Waals surface area contributed by atoms with E-state index < -0.39 is 0 Å². The maximum Gasteiger partial charge on any atom is 0.0544 e. The van der Waals surface area contributed by atoms with Gasteiger partial charge in [0.05, 0.1) is 5.69 Å². The molecule has 0 saturated carbocycles. The summed E-state index contributed by atoms with van der Waals surface area (Å²) in [5.41, 5.74) is 3.02. The minimum atomic E-state index is 0. The van der Waals surface area contributed by atoms with Crippen LogP contribution in [-0.2, 0) is 6.54 Å².